The number of carbonyl (C=O) groups excluding carboxylic acids is 1. The first-order chi connectivity index (χ1) is 9.08. The quantitative estimate of drug-likeness (QED) is 0.925. The molecule has 1 fully saturated rings. The summed E-state index contributed by atoms with van der Waals surface area (Å²) in [4.78, 5) is 13.9. The van der Waals surface area contributed by atoms with E-state index in [9.17, 15) is 9.90 Å². The van der Waals surface area contributed by atoms with Crippen molar-refractivity contribution in [3.63, 3.8) is 0 Å². The Morgan fingerprint density at radius 2 is 2.26 bits per heavy atom. The van der Waals surface area contributed by atoms with Gasteiger partial charge >= 0.3 is 0 Å². The summed E-state index contributed by atoms with van der Waals surface area (Å²) in [7, 11) is 0. The van der Waals surface area contributed by atoms with E-state index in [4.69, 9.17) is 4.74 Å². The topological polar surface area (TPSA) is 49.8 Å². The molecule has 0 unspecified atom stereocenters. The highest BCUT2D eigenvalue weighted by Gasteiger charge is 2.27. The van der Waals surface area contributed by atoms with Crippen molar-refractivity contribution in [3.8, 4) is 5.75 Å². The van der Waals surface area contributed by atoms with Gasteiger partial charge in [-0.2, -0.15) is 0 Å². The van der Waals surface area contributed by atoms with Crippen LogP contribution in [0, 0.1) is 0 Å². The van der Waals surface area contributed by atoms with Gasteiger partial charge in [0.15, 0.2) is 6.10 Å². The lowest BCUT2D eigenvalue weighted by atomic mass is 10.1. The minimum atomic E-state index is -0.552. The van der Waals surface area contributed by atoms with E-state index in [2.05, 4.69) is 15.9 Å². The largest absolute Gasteiger partial charge is 0.480 e. The van der Waals surface area contributed by atoms with Crippen molar-refractivity contribution in [3.05, 3.63) is 28.7 Å². The van der Waals surface area contributed by atoms with E-state index >= 15 is 0 Å². The van der Waals surface area contributed by atoms with Crippen LogP contribution in [0.2, 0.25) is 0 Å². The second-order valence-corrected chi connectivity index (χ2v) is 5.63. The molecule has 0 radical (unpaired) electrons. The highest BCUT2D eigenvalue weighted by Crippen LogP contribution is 2.25. The molecule has 2 rings (SSSR count). The number of halogens is 1. The number of amides is 1. The van der Waals surface area contributed by atoms with E-state index in [1.807, 2.05) is 24.3 Å². The predicted octanol–water partition coefficient (Wildman–Crippen LogP) is 2.20. The lowest BCUT2D eigenvalue weighted by Gasteiger charge is -2.32. The molecule has 104 valence electrons. The van der Waals surface area contributed by atoms with Crippen LogP contribution in [-0.4, -0.2) is 41.2 Å². The van der Waals surface area contributed by atoms with E-state index in [0.717, 1.165) is 17.3 Å². The molecular weight excluding hydrogens is 310 g/mol. The fourth-order valence-electron chi connectivity index (χ4n) is 2.19. The lowest BCUT2D eigenvalue weighted by Crippen LogP contribution is -2.47. The Bertz CT molecular complexity index is 452. The van der Waals surface area contributed by atoms with Crippen LogP contribution in [-0.2, 0) is 4.79 Å². The van der Waals surface area contributed by atoms with Crippen molar-refractivity contribution in [2.75, 3.05) is 13.1 Å². The molecule has 1 N–H and O–H groups in total. The maximum absolute atomic E-state index is 12.2. The number of aliphatic hydroxyl groups excluding tert-OH is 1. The van der Waals surface area contributed by atoms with Gasteiger partial charge in [-0.15, -0.1) is 0 Å². The average molecular weight is 328 g/mol. The van der Waals surface area contributed by atoms with E-state index in [1.54, 1.807) is 11.8 Å². The molecule has 0 spiro atoms. The molecule has 1 amide bonds. The third-order valence-corrected chi connectivity index (χ3v) is 3.85. The van der Waals surface area contributed by atoms with Crippen molar-refractivity contribution in [2.45, 2.75) is 32.0 Å². The van der Waals surface area contributed by atoms with Crippen LogP contribution in [0.1, 0.15) is 19.8 Å². The van der Waals surface area contributed by atoms with Crippen LogP contribution in [0.5, 0.6) is 5.75 Å². The normalized spacial score (nSPS) is 21.0. The van der Waals surface area contributed by atoms with Crippen molar-refractivity contribution < 1.29 is 14.6 Å². The number of β-amino-alcohol motifs (C(OH)–C–C–N with tert-alkyl or cyclic N) is 1. The maximum atomic E-state index is 12.2. The summed E-state index contributed by atoms with van der Waals surface area (Å²) < 4.78 is 6.50. The molecule has 5 heteroatoms. The zero-order valence-corrected chi connectivity index (χ0v) is 12.5. The SMILES string of the molecule is C[C@@H](Oc1ccccc1Br)C(=O)N1CCC[C@H](O)C1. The van der Waals surface area contributed by atoms with Gasteiger partial charge in [-0.25, -0.2) is 0 Å². The second kappa shape index (κ2) is 6.39. The first kappa shape index (κ1) is 14.3. The molecule has 1 heterocycles. The van der Waals surface area contributed by atoms with E-state index < -0.39 is 12.2 Å². The monoisotopic (exact) mass is 327 g/mol. The fraction of sp³-hybridized carbons (Fsp3) is 0.500. The molecule has 0 aliphatic carbocycles. The molecule has 1 aromatic carbocycles. The van der Waals surface area contributed by atoms with Gasteiger partial charge in [0, 0.05) is 13.1 Å². The maximum Gasteiger partial charge on any atom is 0.263 e. The summed E-state index contributed by atoms with van der Waals surface area (Å²) in [5, 5.41) is 9.60. The van der Waals surface area contributed by atoms with Gasteiger partial charge in [0.25, 0.3) is 5.91 Å². The van der Waals surface area contributed by atoms with E-state index in [-0.39, 0.29) is 5.91 Å². The average Bonchev–Trinajstić information content (AvgIpc) is 2.40. The van der Waals surface area contributed by atoms with Gasteiger partial charge in [0.05, 0.1) is 10.6 Å². The van der Waals surface area contributed by atoms with Crippen molar-refractivity contribution in [1.29, 1.82) is 0 Å². The lowest BCUT2D eigenvalue weighted by molar-refractivity contribution is -0.141. The molecule has 0 saturated carbocycles. The van der Waals surface area contributed by atoms with Crippen molar-refractivity contribution in [2.24, 2.45) is 0 Å². The van der Waals surface area contributed by atoms with Crippen LogP contribution >= 0.6 is 15.9 Å². The first-order valence-corrected chi connectivity index (χ1v) is 7.25. The molecule has 4 nitrogen and oxygen atoms in total. The van der Waals surface area contributed by atoms with Gasteiger partial charge in [0.1, 0.15) is 5.75 Å². The van der Waals surface area contributed by atoms with Gasteiger partial charge < -0.3 is 14.7 Å². The number of likely N-dealkylation sites (tertiary alicyclic amines) is 1. The Hall–Kier alpha value is -1.07. The highest BCUT2D eigenvalue weighted by atomic mass is 79.9. The third-order valence-electron chi connectivity index (χ3n) is 3.20. The molecule has 19 heavy (non-hydrogen) atoms. The highest BCUT2D eigenvalue weighted by molar-refractivity contribution is 9.10. The van der Waals surface area contributed by atoms with Crippen LogP contribution in [0.15, 0.2) is 28.7 Å². The number of para-hydroxylation sites is 1. The Labute approximate surface area is 121 Å². The van der Waals surface area contributed by atoms with Gasteiger partial charge in [-0.05, 0) is 47.8 Å². The number of ether oxygens (including phenoxy) is 1. The minimum absolute atomic E-state index is 0.0745. The Morgan fingerprint density at radius 1 is 1.53 bits per heavy atom. The van der Waals surface area contributed by atoms with Crippen molar-refractivity contribution >= 4 is 21.8 Å². The van der Waals surface area contributed by atoms with Crippen LogP contribution in [0.4, 0.5) is 0 Å². The molecule has 0 bridgehead atoms. The molecule has 0 aromatic heterocycles. The molecule has 1 aromatic rings. The second-order valence-electron chi connectivity index (χ2n) is 4.77. The standard InChI is InChI=1S/C14H18BrNO3/c1-10(19-13-7-3-2-6-12(13)15)14(18)16-8-4-5-11(17)9-16/h2-3,6-7,10-11,17H,4-5,8-9H2,1H3/t10-,11+/m1/s1. The zero-order chi connectivity index (χ0) is 13.8. The summed E-state index contributed by atoms with van der Waals surface area (Å²) in [6, 6.07) is 7.45. The number of benzene rings is 1. The minimum Gasteiger partial charge on any atom is -0.480 e. The Morgan fingerprint density at radius 3 is 2.95 bits per heavy atom. The van der Waals surface area contributed by atoms with Gasteiger partial charge in [-0.3, -0.25) is 4.79 Å². The third kappa shape index (κ3) is 3.70. The molecule has 1 saturated heterocycles. The van der Waals surface area contributed by atoms with Gasteiger partial charge in [0.2, 0.25) is 0 Å². The fourth-order valence-corrected chi connectivity index (χ4v) is 2.57. The Balaban J connectivity index is 1.97. The van der Waals surface area contributed by atoms with E-state index in [1.165, 1.54) is 0 Å². The van der Waals surface area contributed by atoms with Crippen LogP contribution in [0.3, 0.4) is 0 Å². The molecular formula is C14H18BrNO3. The molecule has 2 atom stereocenters. The molecule has 1 aliphatic heterocycles. The number of aliphatic hydroxyl groups is 1. The molecule has 1 aliphatic rings. The van der Waals surface area contributed by atoms with Crippen molar-refractivity contribution in [1.82, 2.24) is 4.90 Å². The van der Waals surface area contributed by atoms with Crippen LogP contribution < -0.4 is 4.74 Å². The summed E-state index contributed by atoms with van der Waals surface area (Å²) in [6.45, 7) is 2.84. The Kier molecular flexibility index (Phi) is 4.82. The number of carbonyl (C=O) groups is 1. The predicted molar refractivity (Wildman–Crippen MR) is 76.1 cm³/mol. The summed E-state index contributed by atoms with van der Waals surface area (Å²) in [5.74, 6) is 0.579. The first-order valence-electron chi connectivity index (χ1n) is 6.46. The van der Waals surface area contributed by atoms with Crippen LogP contribution in [0.25, 0.3) is 0 Å². The summed E-state index contributed by atoms with van der Waals surface area (Å²) in [5.41, 5.74) is 0. The zero-order valence-electron chi connectivity index (χ0n) is 10.9. The smallest absolute Gasteiger partial charge is 0.263 e. The number of nitrogens with zero attached hydrogens (tertiary/aromatic N) is 1. The number of hydrogen-bond acceptors (Lipinski definition) is 3. The summed E-state index contributed by atoms with van der Waals surface area (Å²) >= 11 is 3.39. The number of rotatable bonds is 3. The summed E-state index contributed by atoms with van der Waals surface area (Å²) in [6.07, 6.45) is 0.648. The number of hydrogen-bond donors (Lipinski definition) is 1. The number of piperidine rings is 1. The van der Waals surface area contributed by atoms with Gasteiger partial charge in [-0.1, -0.05) is 12.1 Å². The van der Waals surface area contributed by atoms with E-state index in [0.29, 0.717) is 18.8 Å².